The van der Waals surface area contributed by atoms with Gasteiger partial charge in [0, 0.05) is 26.2 Å². The lowest BCUT2D eigenvalue weighted by atomic mass is 9.87. The third kappa shape index (κ3) is 3.44. The Balaban J connectivity index is 2.47. The maximum atomic E-state index is 10.7. The Morgan fingerprint density at radius 3 is 2.67 bits per heavy atom. The van der Waals surface area contributed by atoms with Crippen LogP contribution < -0.4 is 10.6 Å². The van der Waals surface area contributed by atoms with E-state index in [1.807, 2.05) is 0 Å². The molecule has 0 aromatic rings. The molecule has 1 fully saturated rings. The highest BCUT2D eigenvalue weighted by Crippen LogP contribution is 2.17. The molecule has 0 amide bonds. The standard InChI is InChI=1S/C10H20N2O3/c1-3-8(5-15-2)12-10(4-9(13)14)6-11-7-10/h8,11-12H,3-7H2,1-2H3,(H,13,14). The Morgan fingerprint density at radius 1 is 1.67 bits per heavy atom. The maximum Gasteiger partial charge on any atom is 0.305 e. The molecule has 1 heterocycles. The molecule has 1 unspecified atom stereocenters. The molecule has 1 rings (SSSR count). The topological polar surface area (TPSA) is 70.6 Å². The quantitative estimate of drug-likeness (QED) is 0.550. The van der Waals surface area contributed by atoms with Crippen molar-refractivity contribution in [2.75, 3.05) is 26.8 Å². The minimum Gasteiger partial charge on any atom is -0.481 e. The molecule has 5 heteroatoms. The second kappa shape index (κ2) is 5.44. The first-order valence-corrected chi connectivity index (χ1v) is 5.31. The number of rotatable bonds is 7. The number of carboxylic acid groups (broad SMARTS) is 1. The first-order valence-electron chi connectivity index (χ1n) is 5.31. The Kier molecular flexibility index (Phi) is 4.50. The van der Waals surface area contributed by atoms with Crippen LogP contribution in [0.4, 0.5) is 0 Å². The second-order valence-corrected chi connectivity index (χ2v) is 4.16. The Bertz CT molecular complexity index is 217. The summed E-state index contributed by atoms with van der Waals surface area (Å²) < 4.78 is 5.08. The number of carbonyl (C=O) groups is 1. The summed E-state index contributed by atoms with van der Waals surface area (Å²) in [7, 11) is 1.66. The van der Waals surface area contributed by atoms with Gasteiger partial charge in [-0.3, -0.25) is 4.79 Å². The van der Waals surface area contributed by atoms with E-state index in [-0.39, 0.29) is 18.0 Å². The van der Waals surface area contributed by atoms with Crippen molar-refractivity contribution >= 4 is 5.97 Å². The highest BCUT2D eigenvalue weighted by Gasteiger charge is 2.40. The van der Waals surface area contributed by atoms with Gasteiger partial charge >= 0.3 is 5.97 Å². The van der Waals surface area contributed by atoms with Crippen molar-refractivity contribution < 1.29 is 14.6 Å². The van der Waals surface area contributed by atoms with Crippen molar-refractivity contribution in [3.63, 3.8) is 0 Å². The van der Waals surface area contributed by atoms with E-state index >= 15 is 0 Å². The molecule has 0 bridgehead atoms. The van der Waals surface area contributed by atoms with Gasteiger partial charge in [0.1, 0.15) is 0 Å². The van der Waals surface area contributed by atoms with Crippen molar-refractivity contribution in [1.29, 1.82) is 0 Å². The van der Waals surface area contributed by atoms with Crippen molar-refractivity contribution in [3.8, 4) is 0 Å². The zero-order chi connectivity index (χ0) is 11.3. The number of hydrogen-bond donors (Lipinski definition) is 3. The number of ether oxygens (including phenoxy) is 1. The van der Waals surface area contributed by atoms with E-state index < -0.39 is 5.97 Å². The first-order chi connectivity index (χ1) is 7.12. The van der Waals surface area contributed by atoms with Gasteiger partial charge in [-0.25, -0.2) is 0 Å². The molecule has 0 aromatic carbocycles. The fourth-order valence-corrected chi connectivity index (χ4v) is 1.89. The summed E-state index contributed by atoms with van der Waals surface area (Å²) in [6, 6.07) is 0.233. The molecule has 1 aliphatic heterocycles. The van der Waals surface area contributed by atoms with Crippen LogP contribution in [0, 0.1) is 0 Å². The van der Waals surface area contributed by atoms with Gasteiger partial charge in [-0.1, -0.05) is 6.92 Å². The van der Waals surface area contributed by atoms with Crippen molar-refractivity contribution in [2.24, 2.45) is 0 Å². The fourth-order valence-electron chi connectivity index (χ4n) is 1.89. The zero-order valence-electron chi connectivity index (χ0n) is 9.38. The van der Waals surface area contributed by atoms with Crippen LogP contribution in [-0.2, 0) is 9.53 Å². The number of carboxylic acids is 1. The molecule has 0 saturated carbocycles. The molecule has 88 valence electrons. The molecule has 0 aliphatic carbocycles. The number of aliphatic carboxylic acids is 1. The number of methoxy groups -OCH3 is 1. The van der Waals surface area contributed by atoms with Crippen molar-refractivity contribution in [2.45, 2.75) is 31.3 Å². The molecule has 0 spiro atoms. The van der Waals surface area contributed by atoms with E-state index in [4.69, 9.17) is 9.84 Å². The van der Waals surface area contributed by atoms with Crippen LogP contribution in [0.1, 0.15) is 19.8 Å². The van der Waals surface area contributed by atoms with Crippen LogP contribution in [-0.4, -0.2) is 49.5 Å². The van der Waals surface area contributed by atoms with E-state index in [1.165, 1.54) is 0 Å². The van der Waals surface area contributed by atoms with Crippen molar-refractivity contribution in [1.82, 2.24) is 10.6 Å². The molecule has 0 radical (unpaired) electrons. The van der Waals surface area contributed by atoms with Crippen LogP contribution >= 0.6 is 0 Å². The molecular formula is C10H20N2O3. The smallest absolute Gasteiger partial charge is 0.305 e. The van der Waals surface area contributed by atoms with Gasteiger partial charge in [0.15, 0.2) is 0 Å². The average molecular weight is 216 g/mol. The number of nitrogens with one attached hydrogen (secondary N) is 2. The SMILES string of the molecule is CCC(COC)NC1(CC(=O)O)CNC1. The van der Waals surface area contributed by atoms with E-state index in [1.54, 1.807) is 7.11 Å². The summed E-state index contributed by atoms with van der Waals surface area (Å²) in [6.45, 7) is 4.13. The van der Waals surface area contributed by atoms with Gasteiger partial charge in [-0.2, -0.15) is 0 Å². The Morgan fingerprint density at radius 2 is 2.33 bits per heavy atom. The van der Waals surface area contributed by atoms with Gasteiger partial charge < -0.3 is 20.5 Å². The monoisotopic (exact) mass is 216 g/mol. The summed E-state index contributed by atoms with van der Waals surface area (Å²) in [6.07, 6.45) is 1.11. The lowest BCUT2D eigenvalue weighted by molar-refractivity contribution is -0.139. The summed E-state index contributed by atoms with van der Waals surface area (Å²) in [5.74, 6) is -0.753. The van der Waals surface area contributed by atoms with Crippen LogP contribution in [0.5, 0.6) is 0 Å². The Labute approximate surface area is 90.2 Å². The minimum atomic E-state index is -0.753. The molecular weight excluding hydrogens is 196 g/mol. The maximum absolute atomic E-state index is 10.7. The predicted octanol–water partition coefficient (Wildman–Crippen LogP) is -0.182. The van der Waals surface area contributed by atoms with Gasteiger partial charge in [0.05, 0.1) is 18.6 Å². The third-order valence-corrected chi connectivity index (χ3v) is 2.79. The van der Waals surface area contributed by atoms with Crippen LogP contribution in [0.2, 0.25) is 0 Å². The normalized spacial score (nSPS) is 20.7. The minimum absolute atomic E-state index is 0.167. The molecule has 0 aromatic heterocycles. The van der Waals surface area contributed by atoms with E-state index in [0.717, 1.165) is 19.5 Å². The van der Waals surface area contributed by atoms with Crippen LogP contribution in [0.3, 0.4) is 0 Å². The highest BCUT2D eigenvalue weighted by molar-refractivity contribution is 5.68. The average Bonchev–Trinajstić information content (AvgIpc) is 2.12. The van der Waals surface area contributed by atoms with Gasteiger partial charge in [-0.05, 0) is 6.42 Å². The highest BCUT2D eigenvalue weighted by atomic mass is 16.5. The van der Waals surface area contributed by atoms with Gasteiger partial charge in [0.25, 0.3) is 0 Å². The van der Waals surface area contributed by atoms with E-state index in [2.05, 4.69) is 17.6 Å². The Hall–Kier alpha value is -0.650. The van der Waals surface area contributed by atoms with E-state index in [0.29, 0.717) is 6.61 Å². The summed E-state index contributed by atoms with van der Waals surface area (Å²) in [5.41, 5.74) is -0.273. The van der Waals surface area contributed by atoms with Crippen LogP contribution in [0.25, 0.3) is 0 Å². The predicted molar refractivity (Wildman–Crippen MR) is 56.9 cm³/mol. The van der Waals surface area contributed by atoms with Gasteiger partial charge in [-0.15, -0.1) is 0 Å². The largest absolute Gasteiger partial charge is 0.481 e. The molecule has 15 heavy (non-hydrogen) atoms. The first kappa shape index (κ1) is 12.4. The second-order valence-electron chi connectivity index (χ2n) is 4.16. The lowest BCUT2D eigenvalue weighted by Crippen LogP contribution is -2.70. The van der Waals surface area contributed by atoms with Crippen LogP contribution in [0.15, 0.2) is 0 Å². The van der Waals surface area contributed by atoms with Gasteiger partial charge in [0.2, 0.25) is 0 Å². The molecule has 1 saturated heterocycles. The summed E-state index contributed by atoms with van der Waals surface area (Å²) in [4.78, 5) is 10.7. The lowest BCUT2D eigenvalue weighted by Gasteiger charge is -2.44. The molecule has 3 N–H and O–H groups in total. The molecule has 5 nitrogen and oxygen atoms in total. The summed E-state index contributed by atoms with van der Waals surface area (Å²) in [5, 5.41) is 15.3. The van der Waals surface area contributed by atoms with Crippen molar-refractivity contribution in [3.05, 3.63) is 0 Å². The molecule has 1 atom stereocenters. The van der Waals surface area contributed by atoms with E-state index in [9.17, 15) is 4.79 Å². The summed E-state index contributed by atoms with van der Waals surface area (Å²) >= 11 is 0. The number of hydrogen-bond acceptors (Lipinski definition) is 4. The fraction of sp³-hybridized carbons (Fsp3) is 0.900. The zero-order valence-corrected chi connectivity index (χ0v) is 9.38. The third-order valence-electron chi connectivity index (χ3n) is 2.79. The molecule has 1 aliphatic rings.